The number of nitrogens with one attached hydrogen (secondary N) is 1. The van der Waals surface area contributed by atoms with Crippen LogP contribution in [0.1, 0.15) is 11.3 Å². The Labute approximate surface area is 198 Å². The van der Waals surface area contributed by atoms with Gasteiger partial charge < -0.3 is 4.42 Å². The molecule has 4 rings (SSSR count). The van der Waals surface area contributed by atoms with Crippen LogP contribution in [0.4, 0.5) is 5.69 Å². The third-order valence-electron chi connectivity index (χ3n) is 4.40. The summed E-state index contributed by atoms with van der Waals surface area (Å²) in [5, 5.41) is 3.48. The van der Waals surface area contributed by atoms with Crippen LogP contribution in [-0.4, -0.2) is 16.9 Å². The quantitative estimate of drug-likeness (QED) is 0.282. The highest BCUT2D eigenvalue weighted by molar-refractivity contribution is 7.99. The highest BCUT2D eigenvalue weighted by Crippen LogP contribution is 2.35. The summed E-state index contributed by atoms with van der Waals surface area (Å²) in [7, 11) is 0. The molecule has 2 heterocycles. The Kier molecular flexibility index (Phi) is 6.20. The molecule has 31 heavy (non-hydrogen) atoms. The van der Waals surface area contributed by atoms with Crippen LogP contribution in [0.25, 0.3) is 6.08 Å². The summed E-state index contributed by atoms with van der Waals surface area (Å²) in [5.41, 5.74) is 1.31. The van der Waals surface area contributed by atoms with Crippen LogP contribution >= 0.6 is 47.2 Å². The van der Waals surface area contributed by atoms with Gasteiger partial charge in [-0.3, -0.25) is 19.8 Å². The maximum Gasteiger partial charge on any atom is 0.270 e. The number of nitrogens with zero attached hydrogens (tertiary/aromatic N) is 1. The highest BCUT2D eigenvalue weighted by Gasteiger charge is 2.36. The standard InChI is InChI=1S/C22H14Cl2N2O3S2/c1-12-5-8-14(9-6-12)31-18-10-7-13(29-18)11-15-20(27)25-22(30)26(21(15)28)17-4-2-3-16(23)19(17)24/h2-11H,1H3,(H,25,27,30)/b15-11+. The third-order valence-corrected chi connectivity index (χ3v) is 6.42. The van der Waals surface area contributed by atoms with Gasteiger partial charge in [-0.2, -0.15) is 0 Å². The lowest BCUT2D eigenvalue weighted by Crippen LogP contribution is -2.54. The smallest absolute Gasteiger partial charge is 0.270 e. The number of thiocarbonyl (C=S) groups is 1. The number of hydrogen-bond acceptors (Lipinski definition) is 5. The SMILES string of the molecule is Cc1ccc(Sc2ccc(/C=C3\C(=O)NC(=S)N(c4cccc(Cl)c4Cl)C3=O)o2)cc1. The normalized spacial score (nSPS) is 15.5. The number of carbonyl (C=O) groups is 2. The van der Waals surface area contributed by atoms with Crippen molar-refractivity contribution in [3.8, 4) is 0 Å². The van der Waals surface area contributed by atoms with Crippen LogP contribution in [-0.2, 0) is 9.59 Å². The molecule has 0 unspecified atom stereocenters. The van der Waals surface area contributed by atoms with Gasteiger partial charge in [-0.1, -0.05) is 58.7 Å². The summed E-state index contributed by atoms with van der Waals surface area (Å²) >= 11 is 18.9. The maximum atomic E-state index is 13.1. The first-order valence-electron chi connectivity index (χ1n) is 9.03. The fraction of sp³-hybridized carbons (Fsp3) is 0.0455. The molecule has 3 aromatic rings. The highest BCUT2D eigenvalue weighted by atomic mass is 35.5. The van der Waals surface area contributed by atoms with Gasteiger partial charge in [0.15, 0.2) is 10.2 Å². The third kappa shape index (κ3) is 4.55. The molecule has 1 aliphatic rings. The van der Waals surface area contributed by atoms with E-state index in [1.165, 1.54) is 23.4 Å². The minimum absolute atomic E-state index is 0.0774. The first kappa shape index (κ1) is 21.6. The average molecular weight is 489 g/mol. The van der Waals surface area contributed by atoms with E-state index in [0.29, 0.717) is 10.9 Å². The number of amides is 2. The molecular weight excluding hydrogens is 475 g/mol. The molecule has 1 saturated heterocycles. The molecule has 0 radical (unpaired) electrons. The fourth-order valence-corrected chi connectivity index (χ4v) is 4.31. The summed E-state index contributed by atoms with van der Waals surface area (Å²) in [5.74, 6) is -0.881. The molecule has 1 aromatic heterocycles. The zero-order valence-corrected chi connectivity index (χ0v) is 19.2. The largest absolute Gasteiger partial charge is 0.450 e. The van der Waals surface area contributed by atoms with E-state index in [0.717, 1.165) is 9.80 Å². The molecule has 156 valence electrons. The molecule has 2 amide bonds. The Bertz CT molecular complexity index is 1240. The van der Waals surface area contributed by atoms with Gasteiger partial charge in [0.2, 0.25) is 0 Å². The minimum Gasteiger partial charge on any atom is -0.450 e. The van der Waals surface area contributed by atoms with Gasteiger partial charge in [0.1, 0.15) is 11.3 Å². The van der Waals surface area contributed by atoms with Crippen molar-refractivity contribution >= 4 is 75.9 Å². The van der Waals surface area contributed by atoms with E-state index in [9.17, 15) is 9.59 Å². The van der Waals surface area contributed by atoms with Crippen molar-refractivity contribution in [2.45, 2.75) is 16.9 Å². The van der Waals surface area contributed by atoms with Gasteiger partial charge in [-0.25, -0.2) is 0 Å². The molecule has 0 bridgehead atoms. The van der Waals surface area contributed by atoms with Crippen LogP contribution in [0, 0.1) is 6.92 Å². The summed E-state index contributed by atoms with van der Waals surface area (Å²) < 4.78 is 5.78. The minimum atomic E-state index is -0.623. The van der Waals surface area contributed by atoms with E-state index in [-0.39, 0.29) is 26.4 Å². The van der Waals surface area contributed by atoms with Crippen molar-refractivity contribution in [2.75, 3.05) is 4.90 Å². The molecule has 0 atom stereocenters. The number of carbonyl (C=O) groups excluding carboxylic acids is 2. The van der Waals surface area contributed by atoms with E-state index in [2.05, 4.69) is 5.32 Å². The lowest BCUT2D eigenvalue weighted by molar-refractivity contribution is -0.122. The molecule has 0 spiro atoms. The Balaban J connectivity index is 1.62. The van der Waals surface area contributed by atoms with Gasteiger partial charge in [-0.05, 0) is 61.6 Å². The van der Waals surface area contributed by atoms with Crippen LogP contribution < -0.4 is 10.2 Å². The molecule has 0 aliphatic carbocycles. The summed E-state index contributed by atoms with van der Waals surface area (Å²) in [6, 6.07) is 16.3. The average Bonchev–Trinajstić information content (AvgIpc) is 3.17. The predicted octanol–water partition coefficient (Wildman–Crippen LogP) is 5.88. The van der Waals surface area contributed by atoms with Crippen LogP contribution in [0.15, 0.2) is 74.6 Å². The Hall–Kier alpha value is -2.58. The topological polar surface area (TPSA) is 62.6 Å². The molecule has 0 saturated carbocycles. The zero-order chi connectivity index (χ0) is 22.1. The number of anilines is 1. The van der Waals surface area contributed by atoms with Gasteiger partial charge in [0.05, 0.1) is 15.7 Å². The van der Waals surface area contributed by atoms with Crippen molar-refractivity contribution in [2.24, 2.45) is 0 Å². The van der Waals surface area contributed by atoms with E-state index >= 15 is 0 Å². The second-order valence-electron chi connectivity index (χ2n) is 6.60. The lowest BCUT2D eigenvalue weighted by atomic mass is 10.1. The van der Waals surface area contributed by atoms with Crippen molar-refractivity contribution in [3.63, 3.8) is 0 Å². The Morgan fingerprint density at radius 3 is 2.55 bits per heavy atom. The van der Waals surface area contributed by atoms with E-state index in [1.807, 2.05) is 31.2 Å². The second kappa shape index (κ2) is 8.88. The van der Waals surface area contributed by atoms with Crippen LogP contribution in [0.3, 0.4) is 0 Å². The van der Waals surface area contributed by atoms with Gasteiger partial charge in [-0.15, -0.1) is 0 Å². The number of benzene rings is 2. The van der Waals surface area contributed by atoms with Crippen molar-refractivity contribution in [3.05, 3.63) is 81.5 Å². The van der Waals surface area contributed by atoms with Crippen LogP contribution in [0.2, 0.25) is 10.0 Å². The Morgan fingerprint density at radius 1 is 1.06 bits per heavy atom. The fourth-order valence-electron chi connectivity index (χ4n) is 2.87. The van der Waals surface area contributed by atoms with Crippen molar-refractivity contribution in [1.29, 1.82) is 0 Å². The number of aryl methyl sites for hydroxylation is 1. The van der Waals surface area contributed by atoms with E-state index in [1.54, 1.807) is 30.3 Å². The van der Waals surface area contributed by atoms with Gasteiger partial charge in [0.25, 0.3) is 11.8 Å². The van der Waals surface area contributed by atoms with E-state index < -0.39 is 11.8 Å². The summed E-state index contributed by atoms with van der Waals surface area (Å²) in [6.07, 6.45) is 1.38. The second-order valence-corrected chi connectivity index (χ2v) is 8.85. The van der Waals surface area contributed by atoms with Gasteiger partial charge in [0, 0.05) is 4.90 Å². The zero-order valence-electron chi connectivity index (χ0n) is 16.0. The monoisotopic (exact) mass is 488 g/mol. The summed E-state index contributed by atoms with van der Waals surface area (Å²) in [4.78, 5) is 27.7. The molecule has 1 fully saturated rings. The first-order chi connectivity index (χ1) is 14.8. The molecule has 2 aromatic carbocycles. The molecule has 9 heteroatoms. The number of hydrogen-bond donors (Lipinski definition) is 1. The maximum absolute atomic E-state index is 13.1. The molecular formula is C22H14Cl2N2O3S2. The van der Waals surface area contributed by atoms with Crippen molar-refractivity contribution < 1.29 is 14.0 Å². The number of rotatable bonds is 4. The molecule has 1 N–H and O–H groups in total. The van der Waals surface area contributed by atoms with Gasteiger partial charge >= 0.3 is 0 Å². The number of furan rings is 1. The lowest BCUT2D eigenvalue weighted by Gasteiger charge is -2.29. The predicted molar refractivity (Wildman–Crippen MR) is 127 cm³/mol. The first-order valence-corrected chi connectivity index (χ1v) is 11.0. The summed E-state index contributed by atoms with van der Waals surface area (Å²) in [6.45, 7) is 2.02. The van der Waals surface area contributed by atoms with Crippen molar-refractivity contribution in [1.82, 2.24) is 5.32 Å². The number of halogens is 2. The van der Waals surface area contributed by atoms with E-state index in [4.69, 9.17) is 39.8 Å². The molecule has 5 nitrogen and oxygen atoms in total. The van der Waals surface area contributed by atoms with Crippen LogP contribution in [0.5, 0.6) is 0 Å². The molecule has 1 aliphatic heterocycles. The Morgan fingerprint density at radius 2 is 1.81 bits per heavy atom.